The van der Waals surface area contributed by atoms with Gasteiger partial charge in [-0.05, 0) is 32.1 Å². The number of urea groups is 1. The Morgan fingerprint density at radius 3 is 2.50 bits per heavy atom. The first-order valence-corrected chi connectivity index (χ1v) is 7.40. The third kappa shape index (κ3) is 3.23. The Morgan fingerprint density at radius 2 is 1.90 bits per heavy atom. The molecule has 20 heavy (non-hydrogen) atoms. The lowest BCUT2D eigenvalue weighted by Crippen LogP contribution is -2.54. The van der Waals surface area contributed by atoms with E-state index in [4.69, 9.17) is 0 Å². The Balaban J connectivity index is 1.99. The molecule has 0 aromatic carbocycles. The molecule has 2 amide bonds. The van der Waals surface area contributed by atoms with Gasteiger partial charge in [0.2, 0.25) is 0 Å². The number of hydrogen-bond acceptors (Lipinski definition) is 3. The second-order valence-electron chi connectivity index (χ2n) is 6.11. The van der Waals surface area contributed by atoms with Crippen LogP contribution >= 0.6 is 0 Å². The van der Waals surface area contributed by atoms with E-state index in [9.17, 15) is 19.8 Å². The van der Waals surface area contributed by atoms with E-state index in [0.717, 1.165) is 25.7 Å². The van der Waals surface area contributed by atoms with Crippen molar-refractivity contribution in [3.8, 4) is 0 Å². The summed E-state index contributed by atoms with van der Waals surface area (Å²) < 4.78 is 0. The fourth-order valence-electron chi connectivity index (χ4n) is 3.34. The molecule has 1 saturated carbocycles. The Kier molecular flexibility index (Phi) is 4.52. The Labute approximate surface area is 119 Å². The van der Waals surface area contributed by atoms with Gasteiger partial charge in [-0.3, -0.25) is 0 Å². The molecule has 1 atom stereocenters. The number of nitrogens with zero attached hydrogens (tertiary/aromatic N) is 2. The first-order valence-electron chi connectivity index (χ1n) is 7.40. The summed E-state index contributed by atoms with van der Waals surface area (Å²) >= 11 is 0. The minimum Gasteiger partial charge on any atom is -0.480 e. The van der Waals surface area contributed by atoms with E-state index in [1.807, 2.05) is 0 Å². The monoisotopic (exact) mass is 284 g/mol. The van der Waals surface area contributed by atoms with Gasteiger partial charge >= 0.3 is 12.0 Å². The van der Waals surface area contributed by atoms with Gasteiger partial charge in [-0.25, -0.2) is 9.59 Å². The van der Waals surface area contributed by atoms with Crippen LogP contribution in [0, 0.1) is 0 Å². The molecule has 2 N–H and O–H groups in total. The maximum absolute atomic E-state index is 12.4. The molecule has 0 bridgehead atoms. The van der Waals surface area contributed by atoms with Crippen LogP contribution < -0.4 is 0 Å². The molecule has 1 aliphatic heterocycles. The highest BCUT2D eigenvalue weighted by Gasteiger charge is 2.37. The molecular formula is C14H24N2O4. The van der Waals surface area contributed by atoms with Crippen molar-refractivity contribution in [1.29, 1.82) is 0 Å². The fraction of sp³-hybridized carbons (Fsp3) is 0.857. The van der Waals surface area contributed by atoms with Gasteiger partial charge in [-0.15, -0.1) is 0 Å². The number of carboxylic acids is 1. The number of carboxylic acid groups (broad SMARTS) is 1. The van der Waals surface area contributed by atoms with E-state index in [1.165, 1.54) is 9.80 Å². The lowest BCUT2D eigenvalue weighted by atomic mass is 10.0. The third-order valence-electron chi connectivity index (χ3n) is 4.43. The molecule has 1 saturated heterocycles. The predicted molar refractivity (Wildman–Crippen MR) is 73.4 cm³/mol. The quantitative estimate of drug-likeness (QED) is 0.818. The molecule has 114 valence electrons. The molecule has 1 aliphatic carbocycles. The summed E-state index contributed by atoms with van der Waals surface area (Å²) in [5.41, 5.74) is -0.793. The van der Waals surface area contributed by atoms with E-state index >= 15 is 0 Å². The highest BCUT2D eigenvalue weighted by atomic mass is 16.4. The van der Waals surface area contributed by atoms with E-state index < -0.39 is 17.6 Å². The van der Waals surface area contributed by atoms with Crippen molar-refractivity contribution in [1.82, 2.24) is 9.80 Å². The van der Waals surface area contributed by atoms with E-state index in [1.54, 1.807) is 7.05 Å². The topological polar surface area (TPSA) is 81.1 Å². The summed E-state index contributed by atoms with van der Waals surface area (Å²) in [5.74, 6) is -0.939. The van der Waals surface area contributed by atoms with Crippen LogP contribution in [0.1, 0.15) is 44.9 Å². The fourth-order valence-corrected chi connectivity index (χ4v) is 3.34. The highest BCUT2D eigenvalue weighted by molar-refractivity contribution is 5.82. The molecule has 0 spiro atoms. The van der Waals surface area contributed by atoms with E-state index in [-0.39, 0.29) is 12.6 Å². The van der Waals surface area contributed by atoms with Crippen LogP contribution in [-0.2, 0) is 4.79 Å². The molecule has 2 fully saturated rings. The smallest absolute Gasteiger partial charge is 0.326 e. The standard InChI is InChI=1S/C14H24N2O4/c1-15(10-14(20)7-3-4-8-14)13(19)16-9-5-2-6-11(16)12(17)18/h11,20H,2-10H2,1H3,(H,17,18). The second-order valence-corrected chi connectivity index (χ2v) is 6.11. The first-order chi connectivity index (χ1) is 9.43. The number of aliphatic carboxylic acids is 1. The van der Waals surface area contributed by atoms with Crippen LogP contribution in [0.25, 0.3) is 0 Å². The largest absolute Gasteiger partial charge is 0.480 e. The van der Waals surface area contributed by atoms with Gasteiger partial charge in [-0.2, -0.15) is 0 Å². The number of rotatable bonds is 3. The van der Waals surface area contributed by atoms with Gasteiger partial charge in [0.25, 0.3) is 0 Å². The van der Waals surface area contributed by atoms with Crippen molar-refractivity contribution >= 4 is 12.0 Å². The maximum atomic E-state index is 12.4. The average molecular weight is 284 g/mol. The summed E-state index contributed by atoms with van der Waals surface area (Å²) in [4.78, 5) is 26.6. The zero-order valence-electron chi connectivity index (χ0n) is 12.0. The van der Waals surface area contributed by atoms with Gasteiger partial charge in [0, 0.05) is 13.6 Å². The zero-order chi connectivity index (χ0) is 14.8. The third-order valence-corrected chi connectivity index (χ3v) is 4.43. The van der Waals surface area contributed by atoms with Gasteiger partial charge in [0.1, 0.15) is 6.04 Å². The molecule has 0 radical (unpaired) electrons. The van der Waals surface area contributed by atoms with Crippen LogP contribution in [0.4, 0.5) is 4.79 Å². The summed E-state index contributed by atoms with van der Waals surface area (Å²) in [6, 6.07) is -1.01. The van der Waals surface area contributed by atoms with Gasteiger partial charge in [-0.1, -0.05) is 12.8 Å². The lowest BCUT2D eigenvalue weighted by Gasteiger charge is -2.37. The molecule has 0 aromatic rings. The Hall–Kier alpha value is -1.30. The van der Waals surface area contributed by atoms with Crippen LogP contribution in [0.15, 0.2) is 0 Å². The van der Waals surface area contributed by atoms with Crippen LogP contribution in [0.2, 0.25) is 0 Å². The summed E-state index contributed by atoms with van der Waals surface area (Å²) in [7, 11) is 1.64. The Morgan fingerprint density at radius 1 is 1.25 bits per heavy atom. The normalized spacial score (nSPS) is 25.5. The predicted octanol–water partition coefficient (Wildman–Crippen LogP) is 1.28. The van der Waals surface area contributed by atoms with Gasteiger partial charge < -0.3 is 20.0 Å². The maximum Gasteiger partial charge on any atom is 0.326 e. The van der Waals surface area contributed by atoms with Crippen molar-refractivity contribution in [3.63, 3.8) is 0 Å². The number of carbonyl (C=O) groups excluding carboxylic acids is 1. The van der Waals surface area contributed by atoms with Crippen molar-refractivity contribution < 1.29 is 19.8 Å². The molecule has 1 unspecified atom stereocenters. The molecule has 1 heterocycles. The van der Waals surface area contributed by atoms with Crippen molar-refractivity contribution in [3.05, 3.63) is 0 Å². The molecular weight excluding hydrogens is 260 g/mol. The van der Waals surface area contributed by atoms with Crippen LogP contribution in [0.5, 0.6) is 0 Å². The number of hydrogen-bond donors (Lipinski definition) is 2. The van der Waals surface area contributed by atoms with E-state index in [0.29, 0.717) is 25.8 Å². The molecule has 6 nitrogen and oxygen atoms in total. The highest BCUT2D eigenvalue weighted by Crippen LogP contribution is 2.30. The van der Waals surface area contributed by atoms with E-state index in [2.05, 4.69) is 0 Å². The van der Waals surface area contributed by atoms with Gasteiger partial charge in [0.15, 0.2) is 0 Å². The van der Waals surface area contributed by atoms with Crippen LogP contribution in [-0.4, -0.2) is 63.8 Å². The summed E-state index contributed by atoms with van der Waals surface area (Å²) in [6.07, 6.45) is 5.60. The second kappa shape index (κ2) is 5.99. The minimum absolute atomic E-state index is 0.280. The van der Waals surface area contributed by atoms with Gasteiger partial charge in [0.05, 0.1) is 12.1 Å². The van der Waals surface area contributed by atoms with Crippen molar-refractivity contribution in [2.24, 2.45) is 0 Å². The average Bonchev–Trinajstić information content (AvgIpc) is 2.84. The van der Waals surface area contributed by atoms with Crippen molar-refractivity contribution in [2.75, 3.05) is 20.1 Å². The number of aliphatic hydroxyl groups is 1. The molecule has 2 rings (SSSR count). The first kappa shape index (κ1) is 15.1. The molecule has 2 aliphatic rings. The van der Waals surface area contributed by atoms with Crippen LogP contribution in [0.3, 0.4) is 0 Å². The number of piperidine rings is 1. The number of likely N-dealkylation sites (N-methyl/N-ethyl adjacent to an activating group) is 1. The number of amides is 2. The Bertz CT molecular complexity index is 379. The molecule has 0 aromatic heterocycles. The SMILES string of the molecule is CN(CC1(O)CCCC1)C(=O)N1CCCCC1C(=O)O. The number of likely N-dealkylation sites (tertiary alicyclic amines) is 1. The minimum atomic E-state index is -0.939. The summed E-state index contributed by atoms with van der Waals surface area (Å²) in [5, 5.41) is 19.6. The lowest BCUT2D eigenvalue weighted by molar-refractivity contribution is -0.143. The van der Waals surface area contributed by atoms with Crippen molar-refractivity contribution in [2.45, 2.75) is 56.6 Å². The summed E-state index contributed by atoms with van der Waals surface area (Å²) in [6.45, 7) is 0.771. The number of carbonyl (C=O) groups is 2. The molecule has 6 heteroatoms. The zero-order valence-corrected chi connectivity index (χ0v) is 12.0.